The fraction of sp³-hybridized carbons (Fsp3) is 0.235. The molecule has 6 nitrogen and oxygen atoms in total. The predicted molar refractivity (Wildman–Crippen MR) is 166 cm³/mol. The zero-order valence-corrected chi connectivity index (χ0v) is 24.5. The molecule has 3 N–H and O–H groups in total. The summed E-state index contributed by atoms with van der Waals surface area (Å²) in [5, 5.41) is 20.4. The maximum Gasteiger partial charge on any atom is 0.337 e. The molecule has 0 fully saturated rings. The van der Waals surface area contributed by atoms with Crippen LogP contribution in [0.1, 0.15) is 66.3 Å². The van der Waals surface area contributed by atoms with Gasteiger partial charge in [-0.1, -0.05) is 62.4 Å². The molecule has 40 heavy (non-hydrogen) atoms. The summed E-state index contributed by atoms with van der Waals surface area (Å²) in [5.74, 6) is 1.18. The van der Waals surface area contributed by atoms with Gasteiger partial charge in [0.2, 0.25) is 0 Å². The van der Waals surface area contributed by atoms with Crippen molar-refractivity contribution in [1.29, 1.82) is 5.41 Å². The summed E-state index contributed by atoms with van der Waals surface area (Å²) in [4.78, 5) is 11.5. The fourth-order valence-corrected chi connectivity index (χ4v) is 4.07. The van der Waals surface area contributed by atoms with Gasteiger partial charge in [0.05, 0.1) is 18.7 Å². The van der Waals surface area contributed by atoms with Gasteiger partial charge in [-0.05, 0) is 75.2 Å². The molecule has 0 spiro atoms. The molecule has 0 bridgehead atoms. The van der Waals surface area contributed by atoms with Crippen molar-refractivity contribution in [3.8, 4) is 11.5 Å². The molecule has 1 aliphatic rings. The first kappa shape index (κ1) is 31.6. The minimum Gasteiger partial charge on any atom is -0.497 e. The lowest BCUT2D eigenvalue weighted by atomic mass is 9.93. The van der Waals surface area contributed by atoms with Crippen LogP contribution in [-0.2, 0) is 0 Å². The Kier molecular flexibility index (Phi) is 12.0. The normalized spacial score (nSPS) is 12.6. The molecule has 0 amide bonds. The Morgan fingerprint density at radius 2 is 1.73 bits per heavy atom. The van der Waals surface area contributed by atoms with Crippen LogP contribution in [-0.4, -0.2) is 24.4 Å². The van der Waals surface area contributed by atoms with Crippen LogP contribution in [0.5, 0.6) is 11.5 Å². The van der Waals surface area contributed by atoms with Crippen LogP contribution in [0.25, 0.3) is 5.57 Å². The van der Waals surface area contributed by atoms with E-state index in [1.165, 1.54) is 11.8 Å². The molecule has 0 saturated carbocycles. The average Bonchev–Trinajstić information content (AvgIpc) is 2.96. The van der Waals surface area contributed by atoms with Crippen molar-refractivity contribution in [1.82, 2.24) is 0 Å². The van der Waals surface area contributed by atoms with E-state index in [-0.39, 0.29) is 11.6 Å². The van der Waals surface area contributed by atoms with Gasteiger partial charge < -0.3 is 25.3 Å². The lowest BCUT2D eigenvalue weighted by Gasteiger charge is -2.27. The van der Waals surface area contributed by atoms with Crippen molar-refractivity contribution in [3.05, 3.63) is 119 Å². The second-order valence-electron chi connectivity index (χ2n) is 8.99. The Hall–Kier alpha value is -4.58. The number of allylic oxidation sites excluding steroid dienone is 4. The third-order valence-corrected chi connectivity index (χ3v) is 6.13. The highest BCUT2D eigenvalue weighted by Gasteiger charge is 2.24. The number of fused-ring (bicyclic) bond motifs is 1. The van der Waals surface area contributed by atoms with Gasteiger partial charge in [0.15, 0.2) is 0 Å². The molecule has 4 rings (SSSR count). The molecule has 1 unspecified atom stereocenters. The number of nitrogens with one attached hydrogen (secondary N) is 2. The smallest absolute Gasteiger partial charge is 0.337 e. The molecule has 1 aliphatic heterocycles. The van der Waals surface area contributed by atoms with Crippen LogP contribution in [0, 0.1) is 19.3 Å². The van der Waals surface area contributed by atoms with E-state index in [1.54, 1.807) is 31.4 Å². The van der Waals surface area contributed by atoms with Crippen molar-refractivity contribution in [2.75, 3.05) is 12.4 Å². The molecular formula is C34H40N2O4. The second kappa shape index (κ2) is 15.1. The standard InChI is InChI=1S/C24H24N2O3.C8H10O.C2H6/c1-5-17(13-25)22-12-15(3)19-10-14(2)11-20(23(19)29-22)16(4)26-21-9-7-6-8-18(21)24(27)28;1-7-3-5-8(9-2)6-4-7;1-2/h5-13,16,25-26H,3H2,1-2,4H3,(H,27,28);3-6H,1-2H3;1-2H3/b17-5+,25-13?;;. The number of methoxy groups -OCH3 is 1. The number of hydrogen-bond acceptors (Lipinski definition) is 5. The van der Waals surface area contributed by atoms with E-state index < -0.39 is 5.97 Å². The summed E-state index contributed by atoms with van der Waals surface area (Å²) in [6.45, 7) is 16.0. The Balaban J connectivity index is 0.000000428. The number of ether oxygens (including phenoxy) is 2. The molecule has 0 radical (unpaired) electrons. The lowest BCUT2D eigenvalue weighted by Crippen LogP contribution is -2.15. The zero-order valence-electron chi connectivity index (χ0n) is 24.5. The molecule has 1 heterocycles. The lowest BCUT2D eigenvalue weighted by molar-refractivity contribution is 0.0698. The van der Waals surface area contributed by atoms with Crippen molar-refractivity contribution in [2.24, 2.45) is 0 Å². The van der Waals surface area contributed by atoms with Gasteiger partial charge in [0.1, 0.15) is 17.3 Å². The van der Waals surface area contributed by atoms with Gasteiger partial charge in [-0.25, -0.2) is 4.79 Å². The molecular weight excluding hydrogens is 500 g/mol. The Labute approximate surface area is 238 Å². The van der Waals surface area contributed by atoms with Gasteiger partial charge in [-0.2, -0.15) is 0 Å². The number of rotatable bonds is 7. The van der Waals surface area contributed by atoms with Gasteiger partial charge >= 0.3 is 5.97 Å². The van der Waals surface area contributed by atoms with Crippen LogP contribution in [0.4, 0.5) is 5.69 Å². The van der Waals surface area contributed by atoms with Crippen LogP contribution < -0.4 is 14.8 Å². The first-order valence-electron chi connectivity index (χ1n) is 13.3. The first-order chi connectivity index (χ1) is 19.2. The van der Waals surface area contributed by atoms with E-state index in [0.717, 1.165) is 28.0 Å². The van der Waals surface area contributed by atoms with Gasteiger partial charge in [-0.3, -0.25) is 0 Å². The van der Waals surface area contributed by atoms with Gasteiger partial charge in [0.25, 0.3) is 0 Å². The number of aromatic carboxylic acids is 1. The summed E-state index contributed by atoms with van der Waals surface area (Å²) >= 11 is 0. The average molecular weight is 541 g/mol. The van der Waals surface area contributed by atoms with Crippen molar-refractivity contribution in [2.45, 2.75) is 47.6 Å². The number of carboxylic acids is 1. The minimum absolute atomic E-state index is 0.215. The molecule has 6 heteroatoms. The molecule has 210 valence electrons. The summed E-state index contributed by atoms with van der Waals surface area (Å²) in [6, 6.07) is 18.6. The minimum atomic E-state index is -0.981. The number of carbonyl (C=O) groups is 1. The maximum absolute atomic E-state index is 11.5. The summed E-state index contributed by atoms with van der Waals surface area (Å²) in [6.07, 6.45) is 4.91. The van der Waals surface area contributed by atoms with Crippen molar-refractivity contribution < 1.29 is 19.4 Å². The molecule has 0 saturated heterocycles. The Bertz CT molecular complexity index is 1400. The molecule has 3 aromatic rings. The summed E-state index contributed by atoms with van der Waals surface area (Å²) in [7, 11) is 1.67. The molecule has 0 aliphatic carbocycles. The predicted octanol–water partition coefficient (Wildman–Crippen LogP) is 8.78. The third kappa shape index (κ3) is 7.96. The fourth-order valence-electron chi connectivity index (χ4n) is 4.07. The quantitative estimate of drug-likeness (QED) is 0.261. The Morgan fingerprint density at radius 3 is 2.30 bits per heavy atom. The largest absolute Gasteiger partial charge is 0.497 e. The SMILES string of the molecule is C=C1C=C(/C(C=N)=C/C)Oc2c1cc(C)cc2C(C)Nc1ccccc1C(=O)O.CC.COc1ccc(C)cc1. The number of carboxylic acid groups (broad SMARTS) is 1. The number of anilines is 1. The number of aryl methyl sites for hydroxylation is 2. The van der Waals surface area contributed by atoms with Crippen LogP contribution >= 0.6 is 0 Å². The topological polar surface area (TPSA) is 91.6 Å². The number of benzene rings is 3. The van der Waals surface area contributed by atoms with Crippen molar-refractivity contribution >= 4 is 23.4 Å². The number of hydrogen-bond donors (Lipinski definition) is 3. The van der Waals surface area contributed by atoms with E-state index in [9.17, 15) is 9.90 Å². The highest BCUT2D eigenvalue weighted by atomic mass is 16.5. The molecule has 1 atom stereocenters. The second-order valence-corrected chi connectivity index (χ2v) is 8.99. The Morgan fingerprint density at radius 1 is 1.07 bits per heavy atom. The van der Waals surface area contributed by atoms with Gasteiger partial charge in [-0.15, -0.1) is 0 Å². The van der Waals surface area contributed by atoms with Crippen molar-refractivity contribution in [3.63, 3.8) is 0 Å². The highest BCUT2D eigenvalue weighted by molar-refractivity contribution is 5.94. The monoisotopic (exact) mass is 540 g/mol. The van der Waals surface area contributed by atoms with E-state index in [4.69, 9.17) is 14.9 Å². The summed E-state index contributed by atoms with van der Waals surface area (Å²) < 4.78 is 11.2. The van der Waals surface area contributed by atoms with E-state index >= 15 is 0 Å². The van der Waals surface area contributed by atoms with E-state index in [2.05, 4.69) is 18.8 Å². The first-order valence-corrected chi connectivity index (χ1v) is 13.3. The number of para-hydroxylation sites is 1. The van der Waals surface area contributed by atoms with E-state index in [1.807, 2.05) is 83.2 Å². The third-order valence-electron chi connectivity index (χ3n) is 6.13. The van der Waals surface area contributed by atoms with E-state index in [0.29, 0.717) is 22.8 Å². The molecule has 0 aromatic heterocycles. The van der Waals surface area contributed by atoms with Crippen LogP contribution in [0.2, 0.25) is 0 Å². The van der Waals surface area contributed by atoms with Crippen LogP contribution in [0.15, 0.2) is 90.7 Å². The summed E-state index contributed by atoms with van der Waals surface area (Å²) in [5.41, 5.74) is 6.34. The zero-order chi connectivity index (χ0) is 29.8. The highest BCUT2D eigenvalue weighted by Crippen LogP contribution is 2.41. The van der Waals surface area contributed by atoms with Gasteiger partial charge in [0, 0.05) is 28.6 Å². The molecule has 3 aromatic carbocycles. The van der Waals surface area contributed by atoms with Crippen LogP contribution in [0.3, 0.4) is 0 Å². The maximum atomic E-state index is 11.5.